The van der Waals surface area contributed by atoms with E-state index in [0.29, 0.717) is 25.4 Å². The Balaban J connectivity index is 2.46. The molecule has 0 fully saturated rings. The van der Waals surface area contributed by atoms with Gasteiger partial charge in [0.1, 0.15) is 17.6 Å². The van der Waals surface area contributed by atoms with Crippen LogP contribution in [0.15, 0.2) is 18.2 Å². The molecule has 0 aliphatic heterocycles. The molecule has 19 heavy (non-hydrogen) atoms. The summed E-state index contributed by atoms with van der Waals surface area (Å²) < 4.78 is 23.4. The highest BCUT2D eigenvalue weighted by Gasteiger charge is 2.17. The van der Waals surface area contributed by atoms with Gasteiger partial charge in [0.05, 0.1) is 13.2 Å². The first-order valence-corrected chi connectivity index (χ1v) is 6.31. The summed E-state index contributed by atoms with van der Waals surface area (Å²) in [6, 6.07) is 3.96. The molecule has 0 aromatic heterocycles. The lowest BCUT2D eigenvalue weighted by atomic mass is 10.2. The molecule has 1 atom stereocenters. The van der Waals surface area contributed by atoms with Crippen LogP contribution in [-0.2, 0) is 9.53 Å². The van der Waals surface area contributed by atoms with E-state index >= 15 is 0 Å². The lowest BCUT2D eigenvalue weighted by Crippen LogP contribution is -2.36. The van der Waals surface area contributed by atoms with Crippen LogP contribution in [0.3, 0.4) is 0 Å². The third-order valence-corrected chi connectivity index (χ3v) is 2.72. The molecule has 0 amide bonds. The van der Waals surface area contributed by atoms with Gasteiger partial charge in [-0.05, 0) is 44.7 Å². The molecule has 0 radical (unpaired) electrons. The first kappa shape index (κ1) is 15.4. The number of hydrogen-bond donors (Lipinski definition) is 1. The largest absolute Gasteiger partial charge is 0.493 e. The van der Waals surface area contributed by atoms with E-state index in [1.54, 1.807) is 27.0 Å². The molecule has 1 unspecified atom stereocenters. The van der Waals surface area contributed by atoms with Gasteiger partial charge < -0.3 is 14.8 Å². The smallest absolute Gasteiger partial charge is 0.323 e. The summed E-state index contributed by atoms with van der Waals surface area (Å²) in [5, 5.41) is 2.88. The Hall–Kier alpha value is -1.62. The maximum Gasteiger partial charge on any atom is 0.323 e. The minimum atomic E-state index is -0.388. The second-order valence-electron chi connectivity index (χ2n) is 4.14. The highest BCUT2D eigenvalue weighted by atomic mass is 19.1. The van der Waals surface area contributed by atoms with Crippen molar-refractivity contribution in [2.45, 2.75) is 26.3 Å². The topological polar surface area (TPSA) is 47.6 Å². The van der Waals surface area contributed by atoms with Crippen molar-refractivity contribution < 1.29 is 18.7 Å². The van der Waals surface area contributed by atoms with Gasteiger partial charge in [-0.25, -0.2) is 4.39 Å². The third-order valence-electron chi connectivity index (χ3n) is 2.72. The quantitative estimate of drug-likeness (QED) is 0.770. The first-order valence-electron chi connectivity index (χ1n) is 6.31. The molecule has 0 bridgehead atoms. The van der Waals surface area contributed by atoms with Gasteiger partial charge in [0.15, 0.2) is 0 Å². The fourth-order valence-corrected chi connectivity index (χ4v) is 1.68. The van der Waals surface area contributed by atoms with Crippen LogP contribution in [0.25, 0.3) is 0 Å². The first-order chi connectivity index (χ1) is 9.08. The summed E-state index contributed by atoms with van der Waals surface area (Å²) in [5.74, 6) is 0.0500. The molecule has 0 aliphatic carbocycles. The lowest BCUT2D eigenvalue weighted by molar-refractivity contribution is -0.145. The van der Waals surface area contributed by atoms with Gasteiger partial charge in [0, 0.05) is 6.42 Å². The van der Waals surface area contributed by atoms with E-state index in [1.165, 1.54) is 12.1 Å². The minimum absolute atomic E-state index is 0.288. The Kier molecular flexibility index (Phi) is 6.29. The van der Waals surface area contributed by atoms with Crippen molar-refractivity contribution in [3.63, 3.8) is 0 Å². The number of benzene rings is 1. The number of halogens is 1. The number of aryl methyl sites for hydroxylation is 1. The van der Waals surface area contributed by atoms with E-state index in [9.17, 15) is 9.18 Å². The summed E-state index contributed by atoms with van der Waals surface area (Å²) in [6.07, 6.45) is 0.492. The summed E-state index contributed by atoms with van der Waals surface area (Å²) in [4.78, 5) is 11.5. The highest BCUT2D eigenvalue weighted by Crippen LogP contribution is 2.18. The van der Waals surface area contributed by atoms with Crippen molar-refractivity contribution in [1.29, 1.82) is 0 Å². The van der Waals surface area contributed by atoms with Gasteiger partial charge in [-0.15, -0.1) is 0 Å². The molecule has 1 N–H and O–H groups in total. The number of esters is 1. The predicted molar refractivity (Wildman–Crippen MR) is 70.7 cm³/mol. The number of nitrogens with one attached hydrogen (secondary N) is 1. The third kappa shape index (κ3) is 4.87. The van der Waals surface area contributed by atoms with Crippen LogP contribution < -0.4 is 10.1 Å². The lowest BCUT2D eigenvalue weighted by Gasteiger charge is -2.15. The summed E-state index contributed by atoms with van der Waals surface area (Å²) in [6.45, 7) is 4.26. The van der Waals surface area contributed by atoms with Crippen LogP contribution >= 0.6 is 0 Å². The number of carbonyl (C=O) groups excluding carboxylic acids is 1. The predicted octanol–water partition coefficient (Wildman–Crippen LogP) is 2.05. The number of likely N-dealkylation sites (N-methyl/N-ethyl adjacent to an activating group) is 1. The van der Waals surface area contributed by atoms with Gasteiger partial charge in [0.2, 0.25) is 0 Å². The fraction of sp³-hybridized carbons (Fsp3) is 0.500. The Labute approximate surface area is 112 Å². The molecule has 1 aromatic carbocycles. The van der Waals surface area contributed by atoms with E-state index in [-0.39, 0.29) is 17.8 Å². The van der Waals surface area contributed by atoms with Gasteiger partial charge in [-0.1, -0.05) is 0 Å². The number of carbonyl (C=O) groups is 1. The SMILES string of the molecule is CCOC(=O)C(CCOc1ccc(F)cc1C)NC. The van der Waals surface area contributed by atoms with Crippen LogP contribution in [0.2, 0.25) is 0 Å². The minimum Gasteiger partial charge on any atom is -0.493 e. The maximum absolute atomic E-state index is 12.9. The van der Waals surface area contributed by atoms with Crippen molar-refractivity contribution in [2.24, 2.45) is 0 Å². The second kappa shape index (κ2) is 7.74. The second-order valence-corrected chi connectivity index (χ2v) is 4.14. The molecule has 0 heterocycles. The standard InChI is InChI=1S/C14H20FNO3/c1-4-18-14(17)12(16-3)7-8-19-13-6-5-11(15)9-10(13)2/h5-6,9,12,16H,4,7-8H2,1-3H3. The average molecular weight is 269 g/mol. The van der Waals surface area contributed by atoms with Crippen molar-refractivity contribution >= 4 is 5.97 Å². The zero-order valence-corrected chi connectivity index (χ0v) is 11.5. The maximum atomic E-state index is 12.9. The molecule has 1 rings (SSSR count). The molecule has 0 spiro atoms. The summed E-state index contributed by atoms with van der Waals surface area (Å²) in [5.41, 5.74) is 0.733. The van der Waals surface area contributed by atoms with Crippen LogP contribution in [0.4, 0.5) is 4.39 Å². The Morgan fingerprint density at radius 2 is 2.21 bits per heavy atom. The fourth-order valence-electron chi connectivity index (χ4n) is 1.68. The molecule has 0 aliphatic rings. The molecule has 4 nitrogen and oxygen atoms in total. The van der Waals surface area contributed by atoms with E-state index < -0.39 is 0 Å². The van der Waals surface area contributed by atoms with Gasteiger partial charge in [-0.3, -0.25) is 4.79 Å². The number of ether oxygens (including phenoxy) is 2. The Bertz CT molecular complexity index is 423. The average Bonchev–Trinajstić information content (AvgIpc) is 2.37. The van der Waals surface area contributed by atoms with Crippen molar-refractivity contribution in [2.75, 3.05) is 20.3 Å². The van der Waals surface area contributed by atoms with Gasteiger partial charge >= 0.3 is 5.97 Å². The van der Waals surface area contributed by atoms with Crippen LogP contribution in [0.1, 0.15) is 18.9 Å². The van der Waals surface area contributed by atoms with E-state index in [4.69, 9.17) is 9.47 Å². The zero-order valence-electron chi connectivity index (χ0n) is 11.5. The van der Waals surface area contributed by atoms with Crippen molar-refractivity contribution in [1.82, 2.24) is 5.32 Å². The van der Waals surface area contributed by atoms with E-state index in [0.717, 1.165) is 5.56 Å². The summed E-state index contributed by atoms with van der Waals surface area (Å²) in [7, 11) is 1.70. The highest BCUT2D eigenvalue weighted by molar-refractivity contribution is 5.75. The van der Waals surface area contributed by atoms with E-state index in [1.807, 2.05) is 0 Å². The number of hydrogen-bond acceptors (Lipinski definition) is 4. The molecule has 0 saturated heterocycles. The molecule has 5 heteroatoms. The Morgan fingerprint density at radius 1 is 1.47 bits per heavy atom. The Morgan fingerprint density at radius 3 is 2.79 bits per heavy atom. The van der Waals surface area contributed by atoms with Crippen molar-refractivity contribution in [3.8, 4) is 5.75 Å². The van der Waals surface area contributed by atoms with Gasteiger partial charge in [-0.2, -0.15) is 0 Å². The van der Waals surface area contributed by atoms with Crippen molar-refractivity contribution in [3.05, 3.63) is 29.6 Å². The number of rotatable bonds is 7. The summed E-state index contributed by atoms with van der Waals surface area (Å²) >= 11 is 0. The normalized spacial score (nSPS) is 12.0. The molecule has 0 saturated carbocycles. The monoisotopic (exact) mass is 269 g/mol. The molecule has 1 aromatic rings. The van der Waals surface area contributed by atoms with Crippen LogP contribution in [0, 0.1) is 12.7 Å². The van der Waals surface area contributed by atoms with Crippen LogP contribution in [0.5, 0.6) is 5.75 Å². The molecule has 106 valence electrons. The van der Waals surface area contributed by atoms with Gasteiger partial charge in [0.25, 0.3) is 0 Å². The molecular formula is C14H20FNO3. The molecular weight excluding hydrogens is 249 g/mol. The van der Waals surface area contributed by atoms with Crippen LogP contribution in [-0.4, -0.2) is 32.3 Å². The van der Waals surface area contributed by atoms with E-state index in [2.05, 4.69) is 5.32 Å². The zero-order chi connectivity index (χ0) is 14.3.